The van der Waals surface area contributed by atoms with Gasteiger partial charge in [-0.3, -0.25) is 4.79 Å². The number of allylic oxidation sites excluding steroid dienone is 1. The van der Waals surface area contributed by atoms with Crippen molar-refractivity contribution in [1.29, 1.82) is 0 Å². The fraction of sp³-hybridized carbons (Fsp3) is 0.276. The van der Waals surface area contributed by atoms with Gasteiger partial charge >= 0.3 is 0 Å². The van der Waals surface area contributed by atoms with Crippen molar-refractivity contribution in [3.8, 4) is 5.75 Å². The van der Waals surface area contributed by atoms with Crippen molar-refractivity contribution in [2.75, 3.05) is 17.2 Å². The molecule has 0 saturated carbocycles. The van der Waals surface area contributed by atoms with E-state index in [1.54, 1.807) is 0 Å². The number of anilines is 2. The summed E-state index contributed by atoms with van der Waals surface area (Å²) in [5.41, 5.74) is 7.50. The van der Waals surface area contributed by atoms with Crippen LogP contribution in [0.2, 0.25) is 0 Å². The molecule has 0 bridgehead atoms. The van der Waals surface area contributed by atoms with Crippen molar-refractivity contribution in [2.45, 2.75) is 45.1 Å². The molecule has 4 nitrogen and oxygen atoms in total. The van der Waals surface area contributed by atoms with Gasteiger partial charge in [0.25, 0.3) is 0 Å². The van der Waals surface area contributed by atoms with Gasteiger partial charge in [0.05, 0.1) is 24.0 Å². The van der Waals surface area contributed by atoms with Gasteiger partial charge in [0.15, 0.2) is 5.78 Å². The van der Waals surface area contributed by atoms with Gasteiger partial charge in [-0.25, -0.2) is 0 Å². The van der Waals surface area contributed by atoms with Crippen LogP contribution in [0.25, 0.3) is 0 Å². The molecule has 0 radical (unpaired) electrons. The Labute approximate surface area is 195 Å². The molecule has 0 aromatic heterocycles. The molecule has 2 unspecified atom stereocenters. The fourth-order valence-corrected chi connectivity index (χ4v) is 4.93. The Morgan fingerprint density at radius 1 is 0.848 bits per heavy atom. The topological polar surface area (TPSA) is 50.4 Å². The first-order valence-electron chi connectivity index (χ1n) is 11.9. The molecule has 1 heterocycles. The van der Waals surface area contributed by atoms with Gasteiger partial charge in [-0.15, -0.1) is 0 Å². The second kappa shape index (κ2) is 9.14. The predicted octanol–water partition coefficient (Wildman–Crippen LogP) is 6.63. The van der Waals surface area contributed by atoms with E-state index in [1.807, 2.05) is 31.2 Å². The van der Waals surface area contributed by atoms with E-state index in [1.165, 1.54) is 11.1 Å². The predicted molar refractivity (Wildman–Crippen MR) is 134 cm³/mol. The first kappa shape index (κ1) is 21.3. The third-order valence-corrected chi connectivity index (χ3v) is 6.69. The molecule has 5 rings (SSSR count). The van der Waals surface area contributed by atoms with E-state index in [-0.39, 0.29) is 17.7 Å². The first-order valence-corrected chi connectivity index (χ1v) is 11.9. The van der Waals surface area contributed by atoms with E-state index in [9.17, 15) is 4.79 Å². The number of fused-ring (bicyclic) bond motifs is 1. The van der Waals surface area contributed by atoms with Gasteiger partial charge in [-0.05, 0) is 66.6 Å². The zero-order valence-electron chi connectivity index (χ0n) is 19.2. The van der Waals surface area contributed by atoms with Crippen molar-refractivity contribution >= 4 is 17.2 Å². The van der Waals surface area contributed by atoms with Crippen molar-refractivity contribution < 1.29 is 9.53 Å². The van der Waals surface area contributed by atoms with Crippen LogP contribution < -0.4 is 15.4 Å². The summed E-state index contributed by atoms with van der Waals surface area (Å²) in [6.07, 6.45) is 2.31. The molecule has 4 heteroatoms. The molecule has 2 N–H and O–H groups in total. The van der Waals surface area contributed by atoms with Gasteiger partial charge < -0.3 is 15.4 Å². The largest absolute Gasteiger partial charge is 0.494 e. The quantitative estimate of drug-likeness (QED) is 0.470. The summed E-state index contributed by atoms with van der Waals surface area (Å²) < 4.78 is 5.59. The second-order valence-corrected chi connectivity index (χ2v) is 8.77. The molecule has 2 atom stereocenters. The van der Waals surface area contributed by atoms with Gasteiger partial charge in [0, 0.05) is 17.7 Å². The van der Waals surface area contributed by atoms with Crippen LogP contribution in [0.5, 0.6) is 5.75 Å². The molecular formula is C29H30N2O2. The molecule has 3 aromatic rings. The zero-order chi connectivity index (χ0) is 22.8. The molecule has 1 aliphatic carbocycles. The minimum absolute atomic E-state index is 0.146. The summed E-state index contributed by atoms with van der Waals surface area (Å²) in [7, 11) is 0. The van der Waals surface area contributed by atoms with E-state index in [0.29, 0.717) is 13.0 Å². The Morgan fingerprint density at radius 3 is 2.24 bits per heavy atom. The van der Waals surface area contributed by atoms with E-state index in [2.05, 4.69) is 66.1 Å². The standard InChI is InChI=1S/C29H30N2O2/c1-3-19-9-11-21(12-10-19)29-28-26(30-24-7-5-6-8-25(24)31-29)17-22(18-27(28)32)20-13-15-23(16-14-20)33-4-2/h5-16,22,29-31H,3-4,17-18H2,1-2H3. The molecule has 0 fully saturated rings. The third kappa shape index (κ3) is 4.25. The molecule has 0 amide bonds. The van der Waals surface area contributed by atoms with Gasteiger partial charge in [0.2, 0.25) is 0 Å². The Kier molecular flexibility index (Phi) is 5.91. The van der Waals surface area contributed by atoms with Crippen LogP contribution in [-0.4, -0.2) is 12.4 Å². The fourth-order valence-electron chi connectivity index (χ4n) is 4.93. The number of rotatable bonds is 5. The highest BCUT2D eigenvalue weighted by molar-refractivity contribution is 6.01. The van der Waals surface area contributed by atoms with Crippen LogP contribution in [-0.2, 0) is 11.2 Å². The number of carbonyl (C=O) groups excluding carboxylic acids is 1. The third-order valence-electron chi connectivity index (χ3n) is 6.69. The summed E-state index contributed by atoms with van der Waals surface area (Å²) in [5, 5.41) is 7.28. The number of ketones is 1. The summed E-state index contributed by atoms with van der Waals surface area (Å²) >= 11 is 0. The van der Waals surface area contributed by atoms with Crippen molar-refractivity contribution in [3.63, 3.8) is 0 Å². The number of hydrogen-bond donors (Lipinski definition) is 2. The van der Waals surface area contributed by atoms with E-state index in [0.717, 1.165) is 46.8 Å². The minimum atomic E-state index is -0.171. The maximum atomic E-state index is 13.6. The molecule has 1 aliphatic heterocycles. The van der Waals surface area contributed by atoms with Crippen molar-refractivity contribution in [3.05, 3.63) is 101 Å². The van der Waals surface area contributed by atoms with Crippen LogP contribution in [0.15, 0.2) is 84.1 Å². The molecular weight excluding hydrogens is 408 g/mol. The molecule has 168 valence electrons. The van der Waals surface area contributed by atoms with Crippen LogP contribution in [0, 0.1) is 0 Å². The number of carbonyl (C=O) groups is 1. The maximum Gasteiger partial charge on any atom is 0.163 e. The van der Waals surface area contributed by atoms with Crippen LogP contribution in [0.4, 0.5) is 11.4 Å². The van der Waals surface area contributed by atoms with Crippen LogP contribution >= 0.6 is 0 Å². The lowest BCUT2D eigenvalue weighted by atomic mass is 9.78. The lowest BCUT2D eigenvalue weighted by Crippen LogP contribution is -2.26. The number of ether oxygens (including phenoxy) is 1. The highest BCUT2D eigenvalue weighted by Gasteiger charge is 2.36. The Hall–Kier alpha value is -3.53. The Bertz CT molecular complexity index is 1180. The van der Waals surface area contributed by atoms with E-state index in [4.69, 9.17) is 4.74 Å². The van der Waals surface area contributed by atoms with Crippen molar-refractivity contribution in [1.82, 2.24) is 0 Å². The molecule has 33 heavy (non-hydrogen) atoms. The number of Topliss-reactive ketones (excluding diaryl/α,β-unsaturated/α-hetero) is 1. The summed E-state index contributed by atoms with van der Waals surface area (Å²) in [4.78, 5) is 13.6. The number of para-hydroxylation sites is 2. The van der Waals surface area contributed by atoms with Crippen LogP contribution in [0.1, 0.15) is 55.3 Å². The lowest BCUT2D eigenvalue weighted by molar-refractivity contribution is -0.116. The minimum Gasteiger partial charge on any atom is -0.494 e. The molecule has 0 saturated heterocycles. The maximum absolute atomic E-state index is 13.6. The smallest absolute Gasteiger partial charge is 0.163 e. The number of nitrogens with one attached hydrogen (secondary N) is 2. The highest BCUT2D eigenvalue weighted by Crippen LogP contribution is 2.44. The number of aryl methyl sites for hydroxylation is 1. The summed E-state index contributed by atoms with van der Waals surface area (Å²) in [6.45, 7) is 4.79. The summed E-state index contributed by atoms with van der Waals surface area (Å²) in [6, 6.07) is 24.9. The normalized spacial score (nSPS) is 19.6. The summed E-state index contributed by atoms with van der Waals surface area (Å²) in [5.74, 6) is 1.21. The van der Waals surface area contributed by atoms with Crippen molar-refractivity contribution in [2.24, 2.45) is 0 Å². The number of benzene rings is 3. The highest BCUT2D eigenvalue weighted by atomic mass is 16.5. The number of hydrogen-bond acceptors (Lipinski definition) is 4. The van der Waals surface area contributed by atoms with Gasteiger partial charge in [0.1, 0.15) is 5.75 Å². The lowest BCUT2D eigenvalue weighted by Gasteiger charge is -2.30. The Morgan fingerprint density at radius 2 is 1.55 bits per heavy atom. The Balaban J connectivity index is 1.53. The average molecular weight is 439 g/mol. The molecule has 0 spiro atoms. The van der Waals surface area contributed by atoms with E-state index < -0.39 is 0 Å². The average Bonchev–Trinajstić information content (AvgIpc) is 3.02. The monoisotopic (exact) mass is 438 g/mol. The molecule has 3 aromatic carbocycles. The zero-order valence-corrected chi connectivity index (χ0v) is 19.2. The van der Waals surface area contributed by atoms with Gasteiger partial charge in [-0.2, -0.15) is 0 Å². The first-order chi connectivity index (χ1) is 16.2. The SMILES string of the molecule is CCOc1ccc(C2CC(=O)C3=C(C2)Nc2ccccc2NC3c2ccc(CC)cc2)cc1. The molecule has 2 aliphatic rings. The second-order valence-electron chi connectivity index (χ2n) is 8.77. The van der Waals surface area contributed by atoms with Gasteiger partial charge in [-0.1, -0.05) is 55.5 Å². The van der Waals surface area contributed by atoms with E-state index >= 15 is 0 Å². The van der Waals surface area contributed by atoms with Crippen LogP contribution in [0.3, 0.4) is 0 Å².